The van der Waals surface area contributed by atoms with Crippen LogP contribution in [0.15, 0.2) is 54.6 Å². The van der Waals surface area contributed by atoms with Crippen LogP contribution >= 0.6 is 7.92 Å². The smallest absolute Gasteiger partial charge is 0.00954 e. The van der Waals surface area contributed by atoms with Crippen LogP contribution in [0.4, 0.5) is 0 Å². The van der Waals surface area contributed by atoms with Crippen molar-refractivity contribution in [1.29, 1.82) is 0 Å². The zero-order valence-corrected chi connectivity index (χ0v) is 16.5. The van der Waals surface area contributed by atoms with Crippen molar-refractivity contribution in [3.8, 4) is 0 Å². The standard InChI is InChI=1S/C23H31P/c1-17(2)21-15-14-18(3)16-23(21)24(20-11-6-5-7-12-20)22-13-9-8-10-19(22)4/h5-13,17-18,21,23H,14-16H2,1-4H3. The Bertz CT molecular complexity index is 646. The Morgan fingerprint density at radius 1 is 0.917 bits per heavy atom. The molecule has 0 heterocycles. The maximum atomic E-state index is 2.46. The highest BCUT2D eigenvalue weighted by Crippen LogP contribution is 2.52. The molecule has 0 aliphatic heterocycles. The average molecular weight is 338 g/mol. The Labute approximate surface area is 149 Å². The third kappa shape index (κ3) is 3.75. The molecule has 24 heavy (non-hydrogen) atoms. The molecule has 1 saturated carbocycles. The third-order valence-electron chi connectivity index (χ3n) is 5.73. The van der Waals surface area contributed by atoms with Gasteiger partial charge in [0.1, 0.15) is 0 Å². The van der Waals surface area contributed by atoms with Gasteiger partial charge in [0.05, 0.1) is 0 Å². The number of hydrogen-bond donors (Lipinski definition) is 0. The van der Waals surface area contributed by atoms with Gasteiger partial charge in [-0.25, -0.2) is 0 Å². The van der Waals surface area contributed by atoms with Gasteiger partial charge in [-0.3, -0.25) is 0 Å². The molecule has 1 aliphatic carbocycles. The predicted octanol–water partition coefficient (Wildman–Crippen LogP) is 5.89. The first kappa shape index (κ1) is 17.7. The highest BCUT2D eigenvalue weighted by atomic mass is 31.1. The number of benzene rings is 2. The van der Waals surface area contributed by atoms with Crippen molar-refractivity contribution < 1.29 is 0 Å². The van der Waals surface area contributed by atoms with Crippen molar-refractivity contribution in [3.63, 3.8) is 0 Å². The van der Waals surface area contributed by atoms with Crippen LogP contribution < -0.4 is 10.6 Å². The van der Waals surface area contributed by atoms with Crippen LogP contribution in [0.25, 0.3) is 0 Å². The fraction of sp³-hybridized carbons (Fsp3) is 0.478. The first-order valence-corrected chi connectivity index (χ1v) is 10.9. The van der Waals surface area contributed by atoms with Crippen LogP contribution in [0.1, 0.15) is 45.6 Å². The summed E-state index contributed by atoms with van der Waals surface area (Å²) in [5, 5.41) is 3.16. The molecule has 0 nitrogen and oxygen atoms in total. The summed E-state index contributed by atoms with van der Waals surface area (Å²) in [5.74, 6) is 2.50. The second-order valence-electron chi connectivity index (χ2n) is 7.89. The van der Waals surface area contributed by atoms with Gasteiger partial charge in [0.25, 0.3) is 0 Å². The average Bonchev–Trinajstić information content (AvgIpc) is 2.58. The van der Waals surface area contributed by atoms with Crippen molar-refractivity contribution in [2.75, 3.05) is 0 Å². The van der Waals surface area contributed by atoms with Gasteiger partial charge in [-0.15, -0.1) is 0 Å². The number of rotatable bonds is 4. The summed E-state index contributed by atoms with van der Waals surface area (Å²) < 4.78 is 0. The first-order valence-electron chi connectivity index (χ1n) is 9.48. The molecule has 0 saturated heterocycles. The minimum Gasteiger partial charge on any atom is -0.0625 e. The van der Waals surface area contributed by atoms with E-state index in [4.69, 9.17) is 0 Å². The molecule has 4 unspecified atom stereocenters. The van der Waals surface area contributed by atoms with Gasteiger partial charge in [-0.2, -0.15) is 0 Å². The summed E-state index contributed by atoms with van der Waals surface area (Å²) in [6.07, 6.45) is 4.20. The highest BCUT2D eigenvalue weighted by Gasteiger charge is 2.37. The molecule has 3 rings (SSSR count). The molecule has 128 valence electrons. The summed E-state index contributed by atoms with van der Waals surface area (Å²) in [4.78, 5) is 0. The van der Waals surface area contributed by atoms with Gasteiger partial charge in [-0.1, -0.05) is 81.8 Å². The Kier molecular flexibility index (Phi) is 5.77. The lowest BCUT2D eigenvalue weighted by atomic mass is 9.77. The summed E-state index contributed by atoms with van der Waals surface area (Å²) in [6.45, 7) is 9.62. The third-order valence-corrected chi connectivity index (χ3v) is 8.86. The maximum absolute atomic E-state index is 2.46. The van der Waals surface area contributed by atoms with E-state index in [-0.39, 0.29) is 7.92 Å². The van der Waals surface area contributed by atoms with Crippen LogP contribution in [0.2, 0.25) is 0 Å². The molecule has 4 atom stereocenters. The minimum absolute atomic E-state index is 0.288. The van der Waals surface area contributed by atoms with Gasteiger partial charge in [0.2, 0.25) is 0 Å². The second-order valence-corrected chi connectivity index (χ2v) is 10.3. The Hall–Kier alpha value is -1.13. The van der Waals surface area contributed by atoms with E-state index in [1.807, 2.05) is 0 Å². The van der Waals surface area contributed by atoms with Crippen LogP contribution in [0.5, 0.6) is 0 Å². The molecule has 1 aliphatic rings. The zero-order valence-electron chi connectivity index (χ0n) is 15.6. The van der Waals surface area contributed by atoms with Crippen molar-refractivity contribution in [1.82, 2.24) is 0 Å². The first-order chi connectivity index (χ1) is 11.6. The van der Waals surface area contributed by atoms with Gasteiger partial charge >= 0.3 is 0 Å². The summed E-state index contributed by atoms with van der Waals surface area (Å²) in [7, 11) is -0.288. The molecule has 0 radical (unpaired) electrons. The topological polar surface area (TPSA) is 0 Å². The molecule has 0 N–H and O–H groups in total. The lowest BCUT2D eigenvalue weighted by molar-refractivity contribution is 0.242. The monoisotopic (exact) mass is 338 g/mol. The molecular weight excluding hydrogens is 307 g/mol. The highest BCUT2D eigenvalue weighted by molar-refractivity contribution is 7.73. The van der Waals surface area contributed by atoms with E-state index in [2.05, 4.69) is 82.3 Å². The molecular formula is C23H31P. The van der Waals surface area contributed by atoms with Crippen molar-refractivity contribution in [3.05, 3.63) is 60.2 Å². The van der Waals surface area contributed by atoms with E-state index < -0.39 is 0 Å². The molecule has 0 bridgehead atoms. The normalized spacial score (nSPS) is 25.6. The molecule has 1 fully saturated rings. The quantitative estimate of drug-likeness (QED) is 0.610. The van der Waals surface area contributed by atoms with Gasteiger partial charge in [0.15, 0.2) is 0 Å². The lowest BCUT2D eigenvalue weighted by Crippen LogP contribution is -2.36. The van der Waals surface area contributed by atoms with E-state index in [0.717, 1.165) is 23.4 Å². The van der Waals surface area contributed by atoms with Crippen LogP contribution in [-0.4, -0.2) is 5.66 Å². The number of aryl methyl sites for hydroxylation is 1. The van der Waals surface area contributed by atoms with Crippen LogP contribution in [0, 0.1) is 24.7 Å². The Morgan fingerprint density at radius 2 is 1.58 bits per heavy atom. The maximum Gasteiger partial charge on any atom is -0.00954 e. The fourth-order valence-corrected chi connectivity index (χ4v) is 8.04. The summed E-state index contributed by atoms with van der Waals surface area (Å²) >= 11 is 0. The van der Waals surface area contributed by atoms with Gasteiger partial charge in [-0.05, 0) is 67.3 Å². The van der Waals surface area contributed by atoms with E-state index in [9.17, 15) is 0 Å². The van der Waals surface area contributed by atoms with Gasteiger partial charge < -0.3 is 0 Å². The molecule has 2 aromatic carbocycles. The molecule has 2 aromatic rings. The van der Waals surface area contributed by atoms with E-state index in [1.165, 1.54) is 24.8 Å². The summed E-state index contributed by atoms with van der Waals surface area (Å²) in [5.41, 5.74) is 2.28. The molecule has 1 heteroatoms. The summed E-state index contributed by atoms with van der Waals surface area (Å²) in [6, 6.07) is 20.4. The number of hydrogen-bond acceptors (Lipinski definition) is 0. The van der Waals surface area contributed by atoms with E-state index in [0.29, 0.717) is 0 Å². The lowest BCUT2D eigenvalue weighted by Gasteiger charge is -2.42. The van der Waals surface area contributed by atoms with E-state index in [1.54, 1.807) is 10.6 Å². The second kappa shape index (κ2) is 7.83. The Morgan fingerprint density at radius 3 is 2.25 bits per heavy atom. The minimum atomic E-state index is -0.288. The predicted molar refractivity (Wildman–Crippen MR) is 109 cm³/mol. The Balaban J connectivity index is 2.08. The van der Waals surface area contributed by atoms with Crippen LogP contribution in [0.3, 0.4) is 0 Å². The zero-order chi connectivity index (χ0) is 17.1. The fourth-order valence-electron chi connectivity index (χ4n) is 4.38. The SMILES string of the molecule is Cc1ccccc1P(c1ccccc1)C1CC(C)CCC1C(C)C. The van der Waals surface area contributed by atoms with Gasteiger partial charge in [0, 0.05) is 0 Å². The largest absolute Gasteiger partial charge is 0.0625 e. The van der Waals surface area contributed by atoms with Crippen molar-refractivity contribution in [2.45, 2.75) is 52.6 Å². The molecule has 0 amide bonds. The molecule has 0 aromatic heterocycles. The van der Waals surface area contributed by atoms with Crippen molar-refractivity contribution in [2.24, 2.45) is 17.8 Å². The van der Waals surface area contributed by atoms with Crippen LogP contribution in [-0.2, 0) is 0 Å². The molecule has 0 spiro atoms. The van der Waals surface area contributed by atoms with E-state index >= 15 is 0 Å². The van der Waals surface area contributed by atoms with Crippen molar-refractivity contribution >= 4 is 18.5 Å².